The van der Waals surface area contributed by atoms with Crippen molar-refractivity contribution in [2.75, 3.05) is 13.1 Å². The standard InChI is InChI=1S/C19H17FN4O5S/c20-15-8-6-13(7-9-15)18-21-22-19(29-18)14-3-2-10-23(12-14)30(27,28)17-5-1-4-16(11-17)24(25)26/h1,4-9,11,14H,2-3,10,12H2. The van der Waals surface area contributed by atoms with E-state index in [-0.39, 0.29) is 34.8 Å². The van der Waals surface area contributed by atoms with Gasteiger partial charge in [-0.3, -0.25) is 10.1 Å². The Balaban J connectivity index is 1.55. The van der Waals surface area contributed by atoms with Gasteiger partial charge in [-0.1, -0.05) is 6.07 Å². The first kappa shape index (κ1) is 20.1. The van der Waals surface area contributed by atoms with Gasteiger partial charge < -0.3 is 4.42 Å². The molecular weight excluding hydrogens is 415 g/mol. The Morgan fingerprint density at radius 2 is 1.93 bits per heavy atom. The van der Waals surface area contributed by atoms with Crippen molar-refractivity contribution in [2.45, 2.75) is 23.7 Å². The second kappa shape index (κ2) is 7.92. The summed E-state index contributed by atoms with van der Waals surface area (Å²) in [6.07, 6.45) is 1.24. The SMILES string of the molecule is O=[N+]([O-])c1cccc(S(=O)(=O)N2CCCC(c3nnc(-c4ccc(F)cc4)o3)C2)c1. The van der Waals surface area contributed by atoms with Crippen LogP contribution in [-0.4, -0.2) is 40.9 Å². The predicted octanol–water partition coefficient (Wildman–Crippen LogP) is 3.35. The van der Waals surface area contributed by atoms with E-state index >= 15 is 0 Å². The Kier molecular flexibility index (Phi) is 5.31. The third-order valence-corrected chi connectivity index (χ3v) is 6.79. The molecule has 1 aromatic heterocycles. The lowest BCUT2D eigenvalue weighted by Gasteiger charge is -2.30. The molecule has 0 aliphatic carbocycles. The molecule has 1 atom stereocenters. The summed E-state index contributed by atoms with van der Waals surface area (Å²) in [5.74, 6) is -0.168. The highest BCUT2D eigenvalue weighted by molar-refractivity contribution is 7.89. The van der Waals surface area contributed by atoms with Crippen LogP contribution in [0.4, 0.5) is 10.1 Å². The summed E-state index contributed by atoms with van der Waals surface area (Å²) in [6.45, 7) is 0.413. The lowest BCUT2D eigenvalue weighted by atomic mass is 10.00. The molecule has 2 aromatic carbocycles. The van der Waals surface area contributed by atoms with Gasteiger partial charge in [0.2, 0.25) is 21.8 Å². The molecular formula is C19H17FN4O5S. The van der Waals surface area contributed by atoms with Gasteiger partial charge in [0.1, 0.15) is 5.82 Å². The van der Waals surface area contributed by atoms with Crippen LogP contribution < -0.4 is 0 Å². The first-order valence-corrected chi connectivity index (χ1v) is 10.6. The Morgan fingerprint density at radius 1 is 1.17 bits per heavy atom. The molecule has 156 valence electrons. The van der Waals surface area contributed by atoms with Crippen LogP contribution in [0.3, 0.4) is 0 Å². The molecule has 11 heteroatoms. The fraction of sp³-hybridized carbons (Fsp3) is 0.263. The largest absolute Gasteiger partial charge is 0.420 e. The Morgan fingerprint density at radius 3 is 2.67 bits per heavy atom. The number of benzene rings is 2. The van der Waals surface area contributed by atoms with Gasteiger partial charge in [0.05, 0.1) is 15.7 Å². The number of hydrogen-bond donors (Lipinski definition) is 0. The smallest absolute Gasteiger partial charge is 0.270 e. The first-order chi connectivity index (χ1) is 14.3. The lowest BCUT2D eigenvalue weighted by molar-refractivity contribution is -0.385. The number of halogens is 1. The van der Waals surface area contributed by atoms with Gasteiger partial charge in [-0.15, -0.1) is 10.2 Å². The van der Waals surface area contributed by atoms with Crippen LogP contribution in [0.15, 0.2) is 57.8 Å². The summed E-state index contributed by atoms with van der Waals surface area (Å²) in [5.41, 5.74) is 0.275. The fourth-order valence-corrected chi connectivity index (χ4v) is 4.94. The maximum Gasteiger partial charge on any atom is 0.270 e. The number of non-ortho nitro benzene ring substituents is 1. The zero-order chi connectivity index (χ0) is 21.3. The highest BCUT2D eigenvalue weighted by Crippen LogP contribution is 2.31. The van der Waals surface area contributed by atoms with Crippen molar-refractivity contribution in [1.82, 2.24) is 14.5 Å². The van der Waals surface area contributed by atoms with E-state index in [1.807, 2.05) is 0 Å². The average molecular weight is 432 g/mol. The molecule has 0 spiro atoms. The quantitative estimate of drug-likeness (QED) is 0.448. The molecule has 0 amide bonds. The minimum atomic E-state index is -3.91. The van der Waals surface area contributed by atoms with Crippen molar-refractivity contribution < 1.29 is 22.1 Å². The molecule has 0 saturated carbocycles. The number of piperidine rings is 1. The third-order valence-electron chi connectivity index (χ3n) is 4.93. The molecule has 1 unspecified atom stereocenters. The van der Waals surface area contributed by atoms with Crippen LogP contribution >= 0.6 is 0 Å². The number of nitro groups is 1. The van der Waals surface area contributed by atoms with E-state index in [2.05, 4.69) is 10.2 Å². The van der Waals surface area contributed by atoms with Crippen molar-refractivity contribution >= 4 is 15.7 Å². The van der Waals surface area contributed by atoms with Crippen molar-refractivity contribution in [3.63, 3.8) is 0 Å². The second-order valence-electron chi connectivity index (χ2n) is 6.91. The number of hydrogen-bond acceptors (Lipinski definition) is 7. The number of nitro benzene ring substituents is 1. The Hall–Kier alpha value is -3.18. The van der Waals surface area contributed by atoms with Crippen LogP contribution in [0.1, 0.15) is 24.7 Å². The van der Waals surface area contributed by atoms with E-state index in [9.17, 15) is 22.9 Å². The van der Waals surface area contributed by atoms with Crippen molar-refractivity contribution in [3.05, 3.63) is 70.4 Å². The molecule has 0 N–H and O–H groups in total. The molecule has 3 aromatic rings. The molecule has 1 saturated heterocycles. The average Bonchev–Trinajstić information content (AvgIpc) is 3.25. The predicted molar refractivity (Wildman–Crippen MR) is 104 cm³/mol. The molecule has 30 heavy (non-hydrogen) atoms. The molecule has 1 aliphatic rings. The van der Waals surface area contributed by atoms with Crippen LogP contribution in [0.25, 0.3) is 11.5 Å². The minimum Gasteiger partial charge on any atom is -0.420 e. The highest BCUT2D eigenvalue weighted by atomic mass is 32.2. The Labute approximate surface area is 171 Å². The molecule has 1 fully saturated rings. The summed E-state index contributed by atoms with van der Waals surface area (Å²) < 4.78 is 46.1. The summed E-state index contributed by atoms with van der Waals surface area (Å²) in [6, 6.07) is 10.6. The number of aromatic nitrogens is 2. The second-order valence-corrected chi connectivity index (χ2v) is 8.85. The number of rotatable bonds is 5. The maximum atomic E-state index is 13.1. The van der Waals surface area contributed by atoms with Crippen molar-refractivity contribution in [2.24, 2.45) is 0 Å². The highest BCUT2D eigenvalue weighted by Gasteiger charge is 2.34. The normalized spacial score (nSPS) is 17.7. The number of nitrogens with zero attached hydrogens (tertiary/aromatic N) is 4. The van der Waals surface area contributed by atoms with Gasteiger partial charge in [0.15, 0.2) is 0 Å². The third kappa shape index (κ3) is 3.94. The fourth-order valence-electron chi connectivity index (χ4n) is 3.38. The summed E-state index contributed by atoms with van der Waals surface area (Å²) >= 11 is 0. The molecule has 4 rings (SSSR count). The van der Waals surface area contributed by atoms with E-state index < -0.39 is 14.9 Å². The molecule has 1 aliphatic heterocycles. The van der Waals surface area contributed by atoms with Gasteiger partial charge in [-0.2, -0.15) is 4.31 Å². The minimum absolute atomic E-state index is 0.121. The van der Waals surface area contributed by atoms with E-state index in [1.54, 1.807) is 0 Å². The summed E-state index contributed by atoms with van der Waals surface area (Å²) in [5, 5.41) is 19.0. The zero-order valence-electron chi connectivity index (χ0n) is 15.6. The zero-order valence-corrected chi connectivity index (χ0v) is 16.5. The van der Waals surface area contributed by atoms with Gasteiger partial charge in [0, 0.05) is 30.8 Å². The van der Waals surface area contributed by atoms with Crippen LogP contribution in [-0.2, 0) is 10.0 Å². The van der Waals surface area contributed by atoms with E-state index in [1.165, 1.54) is 46.8 Å². The molecule has 2 heterocycles. The van der Waals surface area contributed by atoms with Gasteiger partial charge in [-0.25, -0.2) is 12.8 Å². The Bertz CT molecular complexity index is 1180. The van der Waals surface area contributed by atoms with Gasteiger partial charge >= 0.3 is 0 Å². The molecule has 0 radical (unpaired) electrons. The van der Waals surface area contributed by atoms with Crippen LogP contribution in [0, 0.1) is 15.9 Å². The molecule has 9 nitrogen and oxygen atoms in total. The monoisotopic (exact) mass is 432 g/mol. The maximum absolute atomic E-state index is 13.1. The lowest BCUT2D eigenvalue weighted by Crippen LogP contribution is -2.39. The summed E-state index contributed by atoms with van der Waals surface area (Å²) in [4.78, 5) is 10.2. The molecule has 0 bridgehead atoms. The van der Waals surface area contributed by atoms with Gasteiger partial charge in [-0.05, 0) is 43.2 Å². The first-order valence-electron chi connectivity index (χ1n) is 9.18. The number of sulfonamides is 1. The van der Waals surface area contributed by atoms with E-state index in [0.717, 1.165) is 6.07 Å². The van der Waals surface area contributed by atoms with E-state index in [4.69, 9.17) is 4.42 Å². The van der Waals surface area contributed by atoms with Crippen molar-refractivity contribution in [3.8, 4) is 11.5 Å². The van der Waals surface area contributed by atoms with Crippen LogP contribution in [0.2, 0.25) is 0 Å². The van der Waals surface area contributed by atoms with Crippen molar-refractivity contribution in [1.29, 1.82) is 0 Å². The van der Waals surface area contributed by atoms with Gasteiger partial charge in [0.25, 0.3) is 5.69 Å². The topological polar surface area (TPSA) is 119 Å². The summed E-state index contributed by atoms with van der Waals surface area (Å²) in [7, 11) is -3.91. The van der Waals surface area contributed by atoms with E-state index in [0.29, 0.717) is 30.8 Å². The van der Waals surface area contributed by atoms with Crippen LogP contribution in [0.5, 0.6) is 0 Å².